The molecule has 40 heavy (non-hydrogen) atoms. The summed E-state index contributed by atoms with van der Waals surface area (Å²) < 4.78 is 1.82. The summed E-state index contributed by atoms with van der Waals surface area (Å²) in [5.74, 6) is 7.77. The second kappa shape index (κ2) is 12.7. The van der Waals surface area contributed by atoms with Crippen molar-refractivity contribution >= 4 is 43.5 Å². The zero-order valence-electron chi connectivity index (χ0n) is 27.2. The summed E-state index contributed by atoms with van der Waals surface area (Å²) >= 11 is 3.81. The molecule has 0 unspecified atom stereocenters. The van der Waals surface area contributed by atoms with Gasteiger partial charge in [0.05, 0.1) is 0 Å². The van der Waals surface area contributed by atoms with E-state index in [1.165, 1.54) is 22.5 Å². The van der Waals surface area contributed by atoms with Gasteiger partial charge in [0.2, 0.25) is 0 Å². The van der Waals surface area contributed by atoms with Gasteiger partial charge in [0.25, 0.3) is 0 Å². The van der Waals surface area contributed by atoms with Crippen LogP contribution in [0.4, 0.5) is 11.4 Å². The van der Waals surface area contributed by atoms with Crippen molar-refractivity contribution in [3.05, 3.63) is 46.9 Å². The quantitative estimate of drug-likeness (QED) is 0.154. The number of benzene rings is 2. The molecule has 4 heteroatoms. The van der Waals surface area contributed by atoms with Crippen LogP contribution in [0.15, 0.2) is 46.9 Å². The molecule has 0 aliphatic carbocycles. The minimum Gasteiger partial charge on any atom is -0.238 e. The van der Waals surface area contributed by atoms with Crippen molar-refractivity contribution in [2.75, 3.05) is 13.1 Å². The highest BCUT2D eigenvalue weighted by atomic mass is 79.9. The zero-order chi connectivity index (χ0) is 30.0. The van der Waals surface area contributed by atoms with Crippen molar-refractivity contribution < 1.29 is 0 Å². The first-order valence-electron chi connectivity index (χ1n) is 15.5. The molecule has 216 valence electrons. The molecule has 0 radical (unpaired) electrons. The van der Waals surface area contributed by atoms with E-state index in [1.54, 1.807) is 0 Å². The highest BCUT2D eigenvalue weighted by molar-refractivity contribution is 9.10. The zero-order valence-corrected chi connectivity index (χ0v) is 30.8. The van der Waals surface area contributed by atoms with Crippen LogP contribution in [-0.2, 0) is 0 Å². The van der Waals surface area contributed by atoms with Crippen molar-refractivity contribution in [1.82, 2.24) is 4.48 Å². The van der Waals surface area contributed by atoms with E-state index in [9.17, 15) is 0 Å². The minimum atomic E-state index is -1.84. The molecule has 2 aromatic rings. The summed E-state index contributed by atoms with van der Waals surface area (Å²) in [6.07, 6.45) is 0. The van der Waals surface area contributed by atoms with E-state index in [4.69, 9.17) is 0 Å². The maximum absolute atomic E-state index is 4.04. The first kappa shape index (κ1) is 32.9. The third-order valence-electron chi connectivity index (χ3n) is 10.1. The number of rotatable bonds is 8. The van der Waals surface area contributed by atoms with Gasteiger partial charge in [-0.05, 0) is 63.3 Å². The fourth-order valence-electron chi connectivity index (χ4n) is 8.21. The lowest BCUT2D eigenvalue weighted by Crippen LogP contribution is -2.46. The van der Waals surface area contributed by atoms with Crippen molar-refractivity contribution in [2.45, 2.75) is 116 Å². The van der Waals surface area contributed by atoms with E-state index < -0.39 is 16.1 Å². The van der Waals surface area contributed by atoms with Crippen molar-refractivity contribution in [2.24, 2.45) is 0 Å². The van der Waals surface area contributed by atoms with Gasteiger partial charge in [-0.2, -0.15) is 0 Å². The maximum Gasteiger partial charge on any atom is 0.150 e. The number of halogens is 1. The van der Waals surface area contributed by atoms with Crippen LogP contribution >= 0.6 is 15.9 Å². The lowest BCUT2D eigenvalue weighted by atomic mass is 10.1. The fourth-order valence-corrected chi connectivity index (χ4v) is 19.1. The molecule has 0 spiro atoms. The molecule has 1 aliphatic rings. The van der Waals surface area contributed by atoms with Crippen LogP contribution in [0.3, 0.4) is 0 Å². The lowest BCUT2D eigenvalue weighted by molar-refractivity contribution is 0.485. The maximum atomic E-state index is 4.04. The molecule has 1 heterocycles. The Balaban J connectivity index is 2.28. The highest BCUT2D eigenvalue weighted by Gasteiger charge is 2.46. The predicted molar refractivity (Wildman–Crippen MR) is 188 cm³/mol. The van der Waals surface area contributed by atoms with Crippen molar-refractivity contribution in [1.29, 1.82) is 0 Å². The van der Waals surface area contributed by atoms with E-state index in [1.807, 2.05) is 0 Å². The van der Waals surface area contributed by atoms with Gasteiger partial charge < -0.3 is 0 Å². The number of hydrogen-bond acceptors (Lipinski definition) is 0. The Hall–Kier alpha value is -1.57. The normalized spacial score (nSPS) is 14.5. The SMILES string of the molecule is CC(C)[Si](C#CC[N+]1(CC#C[Si](C(C)C)(C(C)C)C(C)C)c2ccccc2-c2ccc(Br)cc21)(C(C)C)C(C)C. The standard InChI is InChI=1S/C36H53BrNSi2/c1-26(2)39(27(3)4,28(5)6)23-15-21-38(22-16-24-40(29(7)8,30(9)10)31(11)12)35-18-14-13-17-33(35)34-20-19-32(37)25-36(34)38/h13-14,17-20,25-31H,21-22H2,1-12H3/q+1. The predicted octanol–water partition coefficient (Wildman–Crippen LogP) is 11.5. The first-order valence-corrected chi connectivity index (χ1v) is 20.7. The second-order valence-corrected chi connectivity index (χ2v) is 25.9. The third kappa shape index (κ3) is 5.59. The van der Waals surface area contributed by atoms with Crippen LogP contribution in [0, 0.1) is 22.9 Å². The van der Waals surface area contributed by atoms with Gasteiger partial charge in [-0.1, -0.05) is 111 Å². The van der Waals surface area contributed by atoms with Gasteiger partial charge >= 0.3 is 0 Å². The number of para-hydroxylation sites is 1. The largest absolute Gasteiger partial charge is 0.238 e. The van der Waals surface area contributed by atoms with Crippen LogP contribution in [0.2, 0.25) is 33.2 Å². The summed E-state index contributed by atoms with van der Waals surface area (Å²) in [6.45, 7) is 30.4. The van der Waals surface area contributed by atoms with E-state index >= 15 is 0 Å². The van der Waals surface area contributed by atoms with Crippen LogP contribution in [-0.4, -0.2) is 29.2 Å². The summed E-state index contributed by atoms with van der Waals surface area (Å²) in [5, 5.41) is 0. The molecular weight excluding hydrogens is 582 g/mol. The van der Waals surface area contributed by atoms with Crippen LogP contribution < -0.4 is 4.48 Å². The van der Waals surface area contributed by atoms with E-state index in [0.29, 0.717) is 37.7 Å². The number of nitrogens with zero attached hydrogens (tertiary/aromatic N) is 1. The van der Waals surface area contributed by atoms with Crippen LogP contribution in [0.25, 0.3) is 11.1 Å². The summed E-state index contributed by atoms with van der Waals surface area (Å²) in [6, 6.07) is 15.8. The topological polar surface area (TPSA) is 0 Å². The Morgan fingerprint density at radius 3 is 1.40 bits per heavy atom. The average Bonchev–Trinajstić information content (AvgIpc) is 3.12. The summed E-state index contributed by atoms with van der Waals surface area (Å²) in [7, 11) is -3.68. The second-order valence-electron chi connectivity index (χ2n) is 13.9. The van der Waals surface area contributed by atoms with Gasteiger partial charge in [-0.3, -0.25) is 0 Å². The summed E-state index contributed by atoms with van der Waals surface area (Å²) in [5.41, 5.74) is 17.1. The molecule has 0 amide bonds. The van der Waals surface area contributed by atoms with Gasteiger partial charge in [-0.15, -0.1) is 11.1 Å². The molecule has 0 fully saturated rings. The van der Waals surface area contributed by atoms with Gasteiger partial charge in [0, 0.05) is 27.7 Å². The van der Waals surface area contributed by atoms with Gasteiger partial charge in [-0.25, -0.2) is 4.48 Å². The molecule has 0 saturated heterocycles. The van der Waals surface area contributed by atoms with Gasteiger partial charge in [0.15, 0.2) is 0 Å². The summed E-state index contributed by atoms with van der Waals surface area (Å²) in [4.78, 5) is 0. The van der Waals surface area contributed by atoms with E-state index in [2.05, 4.69) is 164 Å². The Kier molecular flexibility index (Phi) is 10.5. The fraction of sp³-hybridized carbons (Fsp3) is 0.556. The van der Waals surface area contributed by atoms with Crippen LogP contribution in [0.1, 0.15) is 83.1 Å². The van der Waals surface area contributed by atoms with Crippen LogP contribution in [0.5, 0.6) is 0 Å². The molecule has 3 rings (SSSR count). The molecular formula is C36H53BrNSi2+. The van der Waals surface area contributed by atoms with Crippen molar-refractivity contribution in [3.8, 4) is 34.1 Å². The monoisotopic (exact) mass is 634 g/mol. The molecule has 0 atom stereocenters. The smallest absolute Gasteiger partial charge is 0.150 e. The molecule has 1 aliphatic heterocycles. The number of fused-ring (bicyclic) bond motifs is 3. The molecule has 0 bridgehead atoms. The highest BCUT2D eigenvalue weighted by Crippen LogP contribution is 2.53. The minimum absolute atomic E-state index is 0.621. The Morgan fingerprint density at radius 2 is 0.975 bits per heavy atom. The first-order chi connectivity index (χ1) is 18.7. The molecule has 2 aromatic carbocycles. The average molecular weight is 636 g/mol. The van der Waals surface area contributed by atoms with E-state index in [0.717, 1.165) is 17.6 Å². The van der Waals surface area contributed by atoms with Gasteiger partial charge in [0.1, 0.15) is 40.6 Å². The molecule has 0 N–H and O–H groups in total. The Labute approximate surface area is 257 Å². The number of quaternary nitrogens is 1. The van der Waals surface area contributed by atoms with Crippen molar-refractivity contribution in [3.63, 3.8) is 0 Å². The third-order valence-corrected chi connectivity index (χ3v) is 23.3. The van der Waals surface area contributed by atoms with E-state index in [-0.39, 0.29) is 0 Å². The number of hydrogen-bond donors (Lipinski definition) is 0. The molecule has 0 saturated carbocycles. The molecule has 1 nitrogen and oxygen atoms in total. The lowest BCUT2D eigenvalue weighted by Gasteiger charge is -2.39. The Bertz CT molecular complexity index is 1220. The molecule has 0 aromatic heterocycles. The Morgan fingerprint density at radius 1 is 0.575 bits per heavy atom.